The van der Waals surface area contributed by atoms with Crippen LogP contribution in [0.1, 0.15) is 28.6 Å². The van der Waals surface area contributed by atoms with E-state index in [1.807, 2.05) is 0 Å². The van der Waals surface area contributed by atoms with Crippen LogP contribution in [0, 0.1) is 24.0 Å². The molecule has 0 fully saturated rings. The van der Waals surface area contributed by atoms with Gasteiger partial charge in [-0.2, -0.15) is 0 Å². The van der Waals surface area contributed by atoms with Gasteiger partial charge in [0.15, 0.2) is 6.10 Å². The number of benzene rings is 1. The Morgan fingerprint density at radius 2 is 1.73 bits per heavy atom. The van der Waals surface area contributed by atoms with Gasteiger partial charge in [0.05, 0.1) is 4.92 Å². The number of nitrogens with zero attached hydrogens (tertiary/aromatic N) is 2. The van der Waals surface area contributed by atoms with E-state index in [0.717, 1.165) is 11.4 Å². The Morgan fingerprint density at radius 1 is 1.18 bits per heavy atom. The van der Waals surface area contributed by atoms with Gasteiger partial charge in [0.25, 0.3) is 5.69 Å². The summed E-state index contributed by atoms with van der Waals surface area (Å²) in [6, 6.07) is 9.04. The average molecular weight is 302 g/mol. The molecule has 2 aromatic rings. The molecular formula is C15H14N2O5. The molecule has 7 heteroatoms. The van der Waals surface area contributed by atoms with E-state index in [2.05, 4.69) is 4.98 Å². The van der Waals surface area contributed by atoms with Gasteiger partial charge in [0, 0.05) is 29.1 Å². The number of carboxylic acid groups (broad SMARTS) is 1. The number of carbonyl (C=O) groups is 1. The molecule has 1 unspecified atom stereocenters. The fourth-order valence-corrected chi connectivity index (χ4v) is 2.22. The van der Waals surface area contributed by atoms with Crippen molar-refractivity contribution in [3.63, 3.8) is 0 Å². The molecule has 1 N–H and O–H groups in total. The SMILES string of the molecule is Cc1cc(C(OC(=O)O)c2ccc([N+](=O)[O-])cc2)cc(C)n1. The van der Waals surface area contributed by atoms with Crippen molar-refractivity contribution < 1.29 is 19.6 Å². The zero-order valence-electron chi connectivity index (χ0n) is 12.0. The summed E-state index contributed by atoms with van der Waals surface area (Å²) >= 11 is 0. The van der Waals surface area contributed by atoms with Gasteiger partial charge in [-0.3, -0.25) is 15.1 Å². The van der Waals surface area contributed by atoms with Crippen LogP contribution in [-0.4, -0.2) is 21.2 Å². The van der Waals surface area contributed by atoms with Gasteiger partial charge in [0.2, 0.25) is 0 Å². The largest absolute Gasteiger partial charge is 0.506 e. The van der Waals surface area contributed by atoms with Crippen molar-refractivity contribution in [2.45, 2.75) is 20.0 Å². The van der Waals surface area contributed by atoms with Crippen molar-refractivity contribution in [3.8, 4) is 0 Å². The van der Waals surface area contributed by atoms with E-state index in [1.54, 1.807) is 26.0 Å². The van der Waals surface area contributed by atoms with E-state index in [4.69, 9.17) is 9.84 Å². The predicted molar refractivity (Wildman–Crippen MR) is 77.8 cm³/mol. The molecule has 2 rings (SSSR count). The third-order valence-corrected chi connectivity index (χ3v) is 3.03. The van der Waals surface area contributed by atoms with Crippen molar-refractivity contribution in [2.24, 2.45) is 0 Å². The van der Waals surface area contributed by atoms with Crippen molar-refractivity contribution in [1.82, 2.24) is 4.98 Å². The Morgan fingerprint density at radius 3 is 2.18 bits per heavy atom. The molecule has 0 aliphatic heterocycles. The number of nitro groups is 1. The molecule has 0 amide bonds. The quantitative estimate of drug-likeness (QED) is 0.527. The van der Waals surface area contributed by atoms with E-state index in [-0.39, 0.29) is 5.69 Å². The molecular weight excluding hydrogens is 288 g/mol. The summed E-state index contributed by atoms with van der Waals surface area (Å²) in [5.74, 6) is 0. The summed E-state index contributed by atoms with van der Waals surface area (Å²) in [6.07, 6.45) is -2.28. The monoisotopic (exact) mass is 302 g/mol. The molecule has 0 radical (unpaired) electrons. The number of aromatic nitrogens is 1. The molecule has 1 atom stereocenters. The number of ether oxygens (including phenoxy) is 1. The highest BCUT2D eigenvalue weighted by Crippen LogP contribution is 2.28. The number of nitro benzene ring substituents is 1. The zero-order chi connectivity index (χ0) is 16.3. The first-order chi connectivity index (χ1) is 10.4. The van der Waals surface area contributed by atoms with Gasteiger partial charge in [-0.05, 0) is 43.7 Å². The van der Waals surface area contributed by atoms with E-state index >= 15 is 0 Å². The van der Waals surface area contributed by atoms with E-state index in [9.17, 15) is 14.9 Å². The van der Waals surface area contributed by atoms with Gasteiger partial charge in [0.1, 0.15) is 0 Å². The zero-order valence-corrected chi connectivity index (χ0v) is 12.0. The second-order valence-electron chi connectivity index (χ2n) is 4.80. The van der Waals surface area contributed by atoms with E-state index < -0.39 is 17.2 Å². The number of pyridine rings is 1. The van der Waals surface area contributed by atoms with Crippen LogP contribution in [0.3, 0.4) is 0 Å². The number of hydrogen-bond acceptors (Lipinski definition) is 5. The highest BCUT2D eigenvalue weighted by molar-refractivity contribution is 5.58. The predicted octanol–water partition coefficient (Wildman–Crippen LogP) is 3.39. The van der Waals surface area contributed by atoms with Crippen LogP contribution in [0.5, 0.6) is 0 Å². The second kappa shape index (κ2) is 6.21. The summed E-state index contributed by atoms with van der Waals surface area (Å²) in [7, 11) is 0. The van der Waals surface area contributed by atoms with Crippen molar-refractivity contribution >= 4 is 11.8 Å². The fraction of sp³-hybridized carbons (Fsp3) is 0.200. The lowest BCUT2D eigenvalue weighted by Gasteiger charge is -2.17. The molecule has 114 valence electrons. The highest BCUT2D eigenvalue weighted by Gasteiger charge is 2.20. The van der Waals surface area contributed by atoms with Crippen LogP contribution >= 0.6 is 0 Å². The Labute approximate surface area is 126 Å². The second-order valence-corrected chi connectivity index (χ2v) is 4.80. The molecule has 1 aromatic carbocycles. The normalized spacial score (nSPS) is 11.7. The molecule has 0 bridgehead atoms. The van der Waals surface area contributed by atoms with Gasteiger partial charge >= 0.3 is 6.16 Å². The maximum absolute atomic E-state index is 11.0. The van der Waals surface area contributed by atoms with Gasteiger partial charge in [-0.1, -0.05) is 0 Å². The summed E-state index contributed by atoms with van der Waals surface area (Å²) in [5, 5.41) is 19.6. The molecule has 0 aliphatic carbocycles. The smallest absolute Gasteiger partial charge is 0.450 e. The van der Waals surface area contributed by atoms with Crippen LogP contribution in [0.2, 0.25) is 0 Å². The molecule has 0 spiro atoms. The third kappa shape index (κ3) is 3.57. The van der Waals surface area contributed by atoms with Gasteiger partial charge in [-0.25, -0.2) is 4.79 Å². The molecule has 0 aliphatic rings. The Balaban J connectivity index is 2.45. The average Bonchev–Trinajstić information content (AvgIpc) is 2.43. The van der Waals surface area contributed by atoms with E-state index in [1.165, 1.54) is 24.3 Å². The van der Waals surface area contributed by atoms with Crippen molar-refractivity contribution in [1.29, 1.82) is 0 Å². The lowest BCUT2D eigenvalue weighted by atomic mass is 10.0. The Hall–Kier alpha value is -2.96. The van der Waals surface area contributed by atoms with Crippen LogP contribution < -0.4 is 0 Å². The maximum atomic E-state index is 11.0. The van der Waals surface area contributed by atoms with Crippen LogP contribution in [0.15, 0.2) is 36.4 Å². The fourth-order valence-electron chi connectivity index (χ4n) is 2.22. The van der Waals surface area contributed by atoms with Gasteiger partial charge < -0.3 is 9.84 Å². The first kappa shape index (κ1) is 15.4. The summed E-state index contributed by atoms with van der Waals surface area (Å²) in [6.45, 7) is 3.59. The number of non-ortho nitro benzene ring substituents is 1. The molecule has 1 heterocycles. The number of hydrogen-bond donors (Lipinski definition) is 1. The van der Waals surface area contributed by atoms with E-state index in [0.29, 0.717) is 11.1 Å². The standard InChI is InChI=1S/C15H14N2O5/c1-9-7-12(8-10(2)16-9)14(22-15(18)19)11-3-5-13(6-4-11)17(20)21/h3-8,14H,1-2H3,(H,18,19). The van der Waals surface area contributed by atoms with Crippen LogP contribution in [0.4, 0.5) is 10.5 Å². The lowest BCUT2D eigenvalue weighted by Crippen LogP contribution is -2.11. The topological polar surface area (TPSA) is 103 Å². The summed E-state index contributed by atoms with van der Waals surface area (Å²) < 4.78 is 4.95. The lowest BCUT2D eigenvalue weighted by molar-refractivity contribution is -0.384. The minimum Gasteiger partial charge on any atom is -0.450 e. The highest BCUT2D eigenvalue weighted by atomic mass is 16.7. The van der Waals surface area contributed by atoms with Crippen LogP contribution in [-0.2, 0) is 4.74 Å². The van der Waals surface area contributed by atoms with Crippen molar-refractivity contribution in [2.75, 3.05) is 0 Å². The van der Waals surface area contributed by atoms with Gasteiger partial charge in [-0.15, -0.1) is 0 Å². The maximum Gasteiger partial charge on any atom is 0.506 e. The number of rotatable bonds is 4. The molecule has 22 heavy (non-hydrogen) atoms. The Kier molecular flexibility index (Phi) is 4.36. The number of aryl methyl sites for hydroxylation is 2. The van der Waals surface area contributed by atoms with Crippen LogP contribution in [0.25, 0.3) is 0 Å². The minimum absolute atomic E-state index is 0.0695. The first-order valence-electron chi connectivity index (χ1n) is 6.46. The molecule has 0 saturated heterocycles. The molecule has 1 aromatic heterocycles. The summed E-state index contributed by atoms with van der Waals surface area (Å²) in [4.78, 5) is 25.4. The third-order valence-electron chi connectivity index (χ3n) is 3.03. The minimum atomic E-state index is -1.42. The molecule has 7 nitrogen and oxygen atoms in total. The summed E-state index contributed by atoms with van der Waals surface area (Å²) in [5.41, 5.74) is 2.53. The van der Waals surface area contributed by atoms with Crippen molar-refractivity contribution in [3.05, 3.63) is 69.0 Å². The Bertz CT molecular complexity index is 692. The first-order valence-corrected chi connectivity index (χ1v) is 6.46. The molecule has 0 saturated carbocycles.